The molecule has 0 radical (unpaired) electrons. The summed E-state index contributed by atoms with van der Waals surface area (Å²) in [6.45, 7) is 8.79. The van der Waals surface area contributed by atoms with Crippen molar-refractivity contribution in [3.8, 4) is 0 Å². The van der Waals surface area contributed by atoms with Gasteiger partial charge in [0.1, 0.15) is 5.54 Å². The molecule has 1 amide bonds. The Morgan fingerprint density at radius 2 is 1.80 bits per heavy atom. The maximum Gasteiger partial charge on any atom is 0.238 e. The molecule has 1 aliphatic carbocycles. The molecule has 1 aliphatic heterocycles. The summed E-state index contributed by atoms with van der Waals surface area (Å²) in [5.74, 6) is 0.278. The number of likely N-dealkylation sites (tertiary alicyclic amines) is 1. The predicted octanol–water partition coefficient (Wildman–Crippen LogP) is 1.87. The van der Waals surface area contributed by atoms with E-state index in [-0.39, 0.29) is 11.4 Å². The van der Waals surface area contributed by atoms with Crippen LogP contribution >= 0.6 is 0 Å². The van der Waals surface area contributed by atoms with Gasteiger partial charge in [0.2, 0.25) is 5.91 Å². The molecule has 2 fully saturated rings. The Bertz CT molecular complexity index is 359. The van der Waals surface area contributed by atoms with Crippen molar-refractivity contribution in [2.75, 3.05) is 13.1 Å². The van der Waals surface area contributed by atoms with Gasteiger partial charge in [0.15, 0.2) is 0 Å². The molecule has 20 heavy (non-hydrogen) atoms. The smallest absolute Gasteiger partial charge is 0.238 e. The van der Waals surface area contributed by atoms with Crippen LogP contribution in [0.5, 0.6) is 0 Å². The lowest BCUT2D eigenvalue weighted by atomic mass is 9.87. The number of nitrogens with two attached hydrogens (primary N) is 2. The first-order valence-electron chi connectivity index (χ1n) is 8.24. The molecule has 2 rings (SSSR count). The molecule has 0 bridgehead atoms. The van der Waals surface area contributed by atoms with Crippen molar-refractivity contribution >= 4 is 5.91 Å². The highest BCUT2D eigenvalue weighted by Gasteiger charge is 2.70. The fraction of sp³-hybridized carbons (Fsp3) is 0.938. The minimum atomic E-state index is -0.701. The Kier molecular flexibility index (Phi) is 4.45. The Hall–Kier alpha value is -0.610. The molecule has 2 aliphatic rings. The first kappa shape index (κ1) is 15.8. The lowest BCUT2D eigenvalue weighted by molar-refractivity contribution is -0.121. The van der Waals surface area contributed by atoms with E-state index in [2.05, 4.69) is 25.7 Å². The summed E-state index contributed by atoms with van der Waals surface area (Å²) in [7, 11) is 0. The average molecular weight is 281 g/mol. The molecule has 4 nitrogen and oxygen atoms in total. The van der Waals surface area contributed by atoms with Crippen molar-refractivity contribution in [2.45, 2.75) is 70.4 Å². The van der Waals surface area contributed by atoms with Gasteiger partial charge in [-0.15, -0.1) is 0 Å². The lowest BCUT2D eigenvalue weighted by Gasteiger charge is -2.41. The van der Waals surface area contributed by atoms with Crippen LogP contribution in [-0.4, -0.2) is 35.0 Å². The van der Waals surface area contributed by atoms with Crippen LogP contribution in [0.1, 0.15) is 59.3 Å². The van der Waals surface area contributed by atoms with Crippen LogP contribution in [0.25, 0.3) is 0 Å². The summed E-state index contributed by atoms with van der Waals surface area (Å²) in [6, 6.07) is 0. The second-order valence-electron chi connectivity index (χ2n) is 7.12. The summed E-state index contributed by atoms with van der Waals surface area (Å²) in [5.41, 5.74) is 11.2. The zero-order valence-electron chi connectivity index (χ0n) is 13.3. The van der Waals surface area contributed by atoms with Gasteiger partial charge >= 0.3 is 0 Å². The normalized spacial score (nSPS) is 35.6. The summed E-state index contributed by atoms with van der Waals surface area (Å²) < 4.78 is 0. The molecular weight excluding hydrogens is 250 g/mol. The standard InChI is InChI=1S/C16H31N3O/c1-4-6-7-9-15(3,8-5-2)19-10-12-13(11-19)16(12,18)14(17)20/h12-13H,4-11,18H2,1-3H3,(H2,17,20)/t12-,13+,15?,16?. The number of unbranched alkanes of at least 4 members (excludes halogenated alkanes) is 2. The molecule has 0 aromatic carbocycles. The van der Waals surface area contributed by atoms with E-state index >= 15 is 0 Å². The van der Waals surface area contributed by atoms with Crippen LogP contribution in [0.15, 0.2) is 0 Å². The third kappa shape index (κ3) is 2.48. The van der Waals surface area contributed by atoms with E-state index in [0.29, 0.717) is 11.8 Å². The van der Waals surface area contributed by atoms with Crippen molar-refractivity contribution < 1.29 is 4.79 Å². The number of rotatable bonds is 8. The van der Waals surface area contributed by atoms with Crippen LogP contribution in [-0.2, 0) is 4.79 Å². The molecule has 4 N–H and O–H groups in total. The largest absolute Gasteiger partial charge is 0.368 e. The zero-order valence-corrected chi connectivity index (χ0v) is 13.3. The fourth-order valence-corrected chi connectivity index (χ4v) is 4.21. The van der Waals surface area contributed by atoms with Gasteiger partial charge in [0.25, 0.3) is 0 Å². The molecule has 2 unspecified atom stereocenters. The summed E-state index contributed by atoms with van der Waals surface area (Å²) >= 11 is 0. The number of carbonyl (C=O) groups is 1. The van der Waals surface area contributed by atoms with E-state index in [0.717, 1.165) is 13.1 Å². The monoisotopic (exact) mass is 281 g/mol. The number of piperidine rings is 1. The molecule has 4 atom stereocenters. The number of primary amides is 1. The SMILES string of the molecule is CCCCCC(C)(CCC)N1C[C@@H]2[C@H](C1)C2(N)C(N)=O. The quantitative estimate of drug-likeness (QED) is 0.667. The van der Waals surface area contributed by atoms with Crippen molar-refractivity contribution in [1.29, 1.82) is 0 Å². The Balaban J connectivity index is 1.95. The van der Waals surface area contributed by atoms with Gasteiger partial charge in [-0.25, -0.2) is 0 Å². The number of hydrogen-bond donors (Lipinski definition) is 2. The highest BCUT2D eigenvalue weighted by molar-refractivity contribution is 5.89. The predicted molar refractivity (Wildman–Crippen MR) is 82.1 cm³/mol. The van der Waals surface area contributed by atoms with Gasteiger partial charge in [0.05, 0.1) is 0 Å². The molecule has 0 aromatic rings. The highest BCUT2D eigenvalue weighted by Crippen LogP contribution is 2.55. The van der Waals surface area contributed by atoms with Crippen molar-refractivity contribution in [2.24, 2.45) is 23.3 Å². The van der Waals surface area contributed by atoms with Gasteiger partial charge in [-0.1, -0.05) is 39.5 Å². The van der Waals surface area contributed by atoms with Gasteiger partial charge in [0, 0.05) is 30.5 Å². The minimum Gasteiger partial charge on any atom is -0.368 e. The first-order valence-corrected chi connectivity index (χ1v) is 8.24. The van der Waals surface area contributed by atoms with Gasteiger partial charge in [-0.05, 0) is 19.8 Å². The van der Waals surface area contributed by atoms with E-state index in [1.54, 1.807) is 0 Å². The number of fused-ring (bicyclic) bond motifs is 1. The minimum absolute atomic E-state index is 0.274. The second kappa shape index (κ2) is 5.64. The summed E-state index contributed by atoms with van der Waals surface area (Å²) in [5, 5.41) is 0. The molecule has 0 aromatic heterocycles. The molecule has 1 heterocycles. The summed E-state index contributed by atoms with van der Waals surface area (Å²) in [4.78, 5) is 14.0. The topological polar surface area (TPSA) is 72.3 Å². The van der Waals surface area contributed by atoms with Crippen molar-refractivity contribution in [3.05, 3.63) is 0 Å². The fourth-order valence-electron chi connectivity index (χ4n) is 4.21. The molecule has 0 spiro atoms. The van der Waals surface area contributed by atoms with Crippen LogP contribution in [0.2, 0.25) is 0 Å². The summed E-state index contributed by atoms with van der Waals surface area (Å²) in [6.07, 6.45) is 7.55. The number of nitrogens with zero attached hydrogens (tertiary/aromatic N) is 1. The van der Waals surface area contributed by atoms with E-state index in [4.69, 9.17) is 11.5 Å². The van der Waals surface area contributed by atoms with E-state index < -0.39 is 5.54 Å². The second-order valence-corrected chi connectivity index (χ2v) is 7.12. The van der Waals surface area contributed by atoms with Crippen molar-refractivity contribution in [3.63, 3.8) is 0 Å². The molecule has 116 valence electrons. The number of amides is 1. The average Bonchev–Trinajstić information content (AvgIpc) is 2.77. The number of carbonyl (C=O) groups excluding carboxylic acids is 1. The molecule has 4 heteroatoms. The van der Waals surface area contributed by atoms with Gasteiger partial charge in [-0.2, -0.15) is 0 Å². The molecular formula is C16H31N3O. The third-order valence-corrected chi connectivity index (χ3v) is 5.74. The molecule has 1 saturated heterocycles. The van der Waals surface area contributed by atoms with E-state index in [1.165, 1.54) is 38.5 Å². The maximum absolute atomic E-state index is 11.5. The number of hydrogen-bond acceptors (Lipinski definition) is 3. The van der Waals surface area contributed by atoms with Crippen LogP contribution < -0.4 is 11.5 Å². The van der Waals surface area contributed by atoms with Crippen LogP contribution in [0, 0.1) is 11.8 Å². The Labute approximate surface area is 123 Å². The zero-order chi connectivity index (χ0) is 15.0. The highest BCUT2D eigenvalue weighted by atomic mass is 16.1. The maximum atomic E-state index is 11.5. The lowest BCUT2D eigenvalue weighted by Crippen LogP contribution is -2.52. The van der Waals surface area contributed by atoms with E-state index in [9.17, 15) is 4.79 Å². The van der Waals surface area contributed by atoms with Crippen molar-refractivity contribution in [1.82, 2.24) is 4.90 Å². The van der Waals surface area contributed by atoms with Gasteiger partial charge in [-0.3, -0.25) is 9.69 Å². The third-order valence-electron chi connectivity index (χ3n) is 5.74. The van der Waals surface area contributed by atoms with Gasteiger partial charge < -0.3 is 11.5 Å². The van der Waals surface area contributed by atoms with E-state index in [1.807, 2.05) is 0 Å². The molecule has 1 saturated carbocycles. The van der Waals surface area contributed by atoms with Crippen LogP contribution in [0.4, 0.5) is 0 Å². The first-order chi connectivity index (χ1) is 9.40. The Morgan fingerprint density at radius 3 is 2.25 bits per heavy atom. The Morgan fingerprint density at radius 1 is 1.20 bits per heavy atom. The van der Waals surface area contributed by atoms with Crippen LogP contribution in [0.3, 0.4) is 0 Å².